The minimum atomic E-state index is 0.0736. The Labute approximate surface area is 115 Å². The van der Waals surface area contributed by atoms with Gasteiger partial charge in [0.2, 0.25) is 0 Å². The lowest BCUT2D eigenvalue weighted by atomic mass is 10.0. The third-order valence-corrected chi connectivity index (χ3v) is 3.64. The second kappa shape index (κ2) is 5.03. The van der Waals surface area contributed by atoms with Crippen molar-refractivity contribution in [2.24, 2.45) is 0 Å². The summed E-state index contributed by atoms with van der Waals surface area (Å²) in [7, 11) is 1.93. The Kier molecular flexibility index (Phi) is 3.23. The molecule has 0 bridgehead atoms. The average molecular weight is 270 g/mol. The van der Waals surface area contributed by atoms with Crippen LogP contribution in [0.15, 0.2) is 36.5 Å². The van der Waals surface area contributed by atoms with Crippen molar-refractivity contribution in [1.82, 2.24) is 19.0 Å². The molecule has 3 rings (SSSR count). The highest BCUT2D eigenvalue weighted by Crippen LogP contribution is 2.24. The van der Waals surface area contributed by atoms with Gasteiger partial charge >= 0.3 is 0 Å². The summed E-state index contributed by atoms with van der Waals surface area (Å²) in [6.45, 7) is 2.00. The van der Waals surface area contributed by atoms with Crippen molar-refractivity contribution in [2.75, 3.05) is 7.05 Å². The molecule has 1 aromatic carbocycles. The molecule has 0 radical (unpaired) electrons. The second-order valence-electron chi connectivity index (χ2n) is 4.46. The van der Waals surface area contributed by atoms with Crippen LogP contribution < -0.4 is 5.32 Å². The number of hydrogen-bond donors (Lipinski definition) is 1. The van der Waals surface area contributed by atoms with Crippen LogP contribution in [-0.2, 0) is 0 Å². The molecule has 2 heterocycles. The van der Waals surface area contributed by atoms with Gasteiger partial charge in [-0.2, -0.15) is 8.75 Å². The molecule has 2 aromatic heterocycles. The van der Waals surface area contributed by atoms with Crippen molar-refractivity contribution >= 4 is 22.6 Å². The minimum absolute atomic E-state index is 0.0736. The Morgan fingerprint density at radius 1 is 1.21 bits per heavy atom. The molecule has 3 aromatic rings. The molecule has 5 heteroatoms. The molecule has 0 aliphatic heterocycles. The number of nitrogens with one attached hydrogen (secondary N) is 1. The molecule has 1 N–H and O–H groups in total. The van der Waals surface area contributed by atoms with Gasteiger partial charge in [0.1, 0.15) is 0 Å². The van der Waals surface area contributed by atoms with Crippen LogP contribution in [0.25, 0.3) is 10.9 Å². The molecule has 0 fully saturated rings. The fraction of sp³-hybridized carbons (Fsp3) is 0.214. The molecule has 0 amide bonds. The monoisotopic (exact) mass is 270 g/mol. The van der Waals surface area contributed by atoms with Crippen LogP contribution in [0.3, 0.4) is 0 Å². The van der Waals surface area contributed by atoms with Crippen LogP contribution in [-0.4, -0.2) is 20.8 Å². The summed E-state index contributed by atoms with van der Waals surface area (Å²) < 4.78 is 8.38. The van der Waals surface area contributed by atoms with Gasteiger partial charge in [-0.25, -0.2) is 0 Å². The molecule has 1 atom stereocenters. The first-order valence-electron chi connectivity index (χ1n) is 6.10. The van der Waals surface area contributed by atoms with E-state index in [9.17, 15) is 0 Å². The topological polar surface area (TPSA) is 50.7 Å². The number of aromatic nitrogens is 3. The maximum Gasteiger partial charge on any atom is 0.0957 e. The Balaban J connectivity index is 2.07. The molecule has 4 nitrogen and oxygen atoms in total. The van der Waals surface area contributed by atoms with Crippen molar-refractivity contribution in [1.29, 1.82) is 0 Å². The van der Waals surface area contributed by atoms with Crippen LogP contribution in [0.2, 0.25) is 0 Å². The Morgan fingerprint density at radius 2 is 2.11 bits per heavy atom. The number of aryl methyl sites for hydroxylation is 1. The molecule has 19 heavy (non-hydrogen) atoms. The normalized spacial score (nSPS) is 12.7. The maximum atomic E-state index is 4.52. The fourth-order valence-corrected chi connectivity index (χ4v) is 2.66. The van der Waals surface area contributed by atoms with E-state index in [1.165, 1.54) is 17.3 Å². The lowest BCUT2D eigenvalue weighted by Crippen LogP contribution is -2.17. The Morgan fingerprint density at radius 3 is 2.84 bits per heavy atom. The van der Waals surface area contributed by atoms with E-state index in [2.05, 4.69) is 43.3 Å². The lowest BCUT2D eigenvalue weighted by Gasteiger charge is -2.14. The zero-order valence-electron chi connectivity index (χ0n) is 10.8. The first-order chi connectivity index (χ1) is 9.28. The van der Waals surface area contributed by atoms with Crippen molar-refractivity contribution in [3.63, 3.8) is 0 Å². The predicted octanol–water partition coefficient (Wildman–Crippen LogP) is 2.70. The van der Waals surface area contributed by atoms with Gasteiger partial charge in [-0.1, -0.05) is 12.1 Å². The predicted molar refractivity (Wildman–Crippen MR) is 77.3 cm³/mol. The van der Waals surface area contributed by atoms with Gasteiger partial charge in [0, 0.05) is 11.1 Å². The van der Waals surface area contributed by atoms with E-state index in [1.807, 2.05) is 26.2 Å². The largest absolute Gasteiger partial charge is 0.308 e. The SMILES string of the molecule is CNC(c1ccc2nc(C)ccc2c1)c1cnsn1. The Bertz CT molecular complexity index is 694. The minimum Gasteiger partial charge on any atom is -0.308 e. The molecule has 0 saturated heterocycles. The highest BCUT2D eigenvalue weighted by Gasteiger charge is 2.15. The highest BCUT2D eigenvalue weighted by atomic mass is 32.1. The van der Waals surface area contributed by atoms with Crippen molar-refractivity contribution in [3.05, 3.63) is 53.5 Å². The molecular formula is C14H14N4S. The number of nitrogens with zero attached hydrogens (tertiary/aromatic N) is 3. The summed E-state index contributed by atoms with van der Waals surface area (Å²) in [5, 5.41) is 4.43. The highest BCUT2D eigenvalue weighted by molar-refractivity contribution is 6.99. The van der Waals surface area contributed by atoms with Crippen LogP contribution in [0.4, 0.5) is 0 Å². The average Bonchev–Trinajstić information content (AvgIpc) is 2.93. The summed E-state index contributed by atoms with van der Waals surface area (Å²) in [6, 6.07) is 10.5. The molecule has 96 valence electrons. The maximum absolute atomic E-state index is 4.52. The van der Waals surface area contributed by atoms with Crippen molar-refractivity contribution < 1.29 is 0 Å². The van der Waals surface area contributed by atoms with E-state index in [-0.39, 0.29) is 6.04 Å². The third kappa shape index (κ3) is 2.34. The first-order valence-corrected chi connectivity index (χ1v) is 6.83. The third-order valence-electron chi connectivity index (χ3n) is 3.15. The fourth-order valence-electron chi connectivity index (χ4n) is 2.21. The van der Waals surface area contributed by atoms with Gasteiger partial charge in [-0.15, -0.1) is 0 Å². The number of hydrogen-bond acceptors (Lipinski definition) is 5. The molecule has 0 saturated carbocycles. The van der Waals surface area contributed by atoms with Gasteiger partial charge in [-0.3, -0.25) is 4.98 Å². The molecular weight excluding hydrogens is 256 g/mol. The van der Waals surface area contributed by atoms with E-state index in [0.29, 0.717) is 0 Å². The summed E-state index contributed by atoms with van der Waals surface area (Å²) in [4.78, 5) is 4.52. The number of benzene rings is 1. The second-order valence-corrected chi connectivity index (χ2v) is 5.02. The van der Waals surface area contributed by atoms with Gasteiger partial charge in [0.25, 0.3) is 0 Å². The van der Waals surface area contributed by atoms with Gasteiger partial charge < -0.3 is 5.32 Å². The Hall–Kier alpha value is -1.85. The summed E-state index contributed by atoms with van der Waals surface area (Å²) in [5.41, 5.74) is 4.18. The standard InChI is InChI=1S/C14H14N4S/c1-9-3-4-10-7-11(5-6-12(10)17-9)14(15-2)13-8-16-19-18-13/h3-8,14-15H,1-2H3. The van der Waals surface area contributed by atoms with E-state index in [0.717, 1.165) is 22.3 Å². The van der Waals surface area contributed by atoms with E-state index < -0.39 is 0 Å². The number of pyridine rings is 1. The van der Waals surface area contributed by atoms with Gasteiger partial charge in [0.05, 0.1) is 35.2 Å². The molecule has 1 unspecified atom stereocenters. The van der Waals surface area contributed by atoms with Crippen molar-refractivity contribution in [2.45, 2.75) is 13.0 Å². The van der Waals surface area contributed by atoms with E-state index in [1.54, 1.807) is 0 Å². The van der Waals surface area contributed by atoms with Crippen LogP contribution >= 0.6 is 11.7 Å². The van der Waals surface area contributed by atoms with E-state index in [4.69, 9.17) is 0 Å². The number of rotatable bonds is 3. The molecule has 0 aliphatic carbocycles. The van der Waals surface area contributed by atoms with E-state index >= 15 is 0 Å². The molecule has 0 aliphatic rings. The van der Waals surface area contributed by atoms with Gasteiger partial charge in [-0.05, 0) is 37.7 Å². The van der Waals surface area contributed by atoms with Gasteiger partial charge in [0.15, 0.2) is 0 Å². The smallest absolute Gasteiger partial charge is 0.0957 e. The summed E-state index contributed by atoms with van der Waals surface area (Å²) >= 11 is 1.23. The van der Waals surface area contributed by atoms with Crippen LogP contribution in [0.1, 0.15) is 23.0 Å². The zero-order valence-corrected chi connectivity index (χ0v) is 11.6. The summed E-state index contributed by atoms with van der Waals surface area (Å²) in [5.74, 6) is 0. The lowest BCUT2D eigenvalue weighted by molar-refractivity contribution is 0.678. The molecule has 0 spiro atoms. The quantitative estimate of drug-likeness (QED) is 0.795. The summed E-state index contributed by atoms with van der Waals surface area (Å²) in [6.07, 6.45) is 1.81. The zero-order chi connectivity index (χ0) is 13.2. The van der Waals surface area contributed by atoms with Crippen LogP contribution in [0, 0.1) is 6.92 Å². The van der Waals surface area contributed by atoms with Crippen LogP contribution in [0.5, 0.6) is 0 Å². The first kappa shape index (κ1) is 12.2. The number of fused-ring (bicyclic) bond motifs is 1. The van der Waals surface area contributed by atoms with Crippen molar-refractivity contribution in [3.8, 4) is 0 Å².